The second-order valence-corrected chi connectivity index (χ2v) is 10.7. The fraction of sp³-hybridized carbons (Fsp3) is 0.375. The van der Waals surface area contributed by atoms with Gasteiger partial charge in [0.1, 0.15) is 5.82 Å². The van der Waals surface area contributed by atoms with Crippen molar-refractivity contribution in [3.05, 3.63) is 65.8 Å². The van der Waals surface area contributed by atoms with Crippen molar-refractivity contribution >= 4 is 15.9 Å². The van der Waals surface area contributed by atoms with E-state index in [4.69, 9.17) is 4.52 Å². The van der Waals surface area contributed by atoms with Crippen LogP contribution in [0.25, 0.3) is 11.4 Å². The molecule has 0 radical (unpaired) electrons. The molecular weight excluding hydrogens is 459 g/mol. The highest BCUT2D eigenvalue weighted by Crippen LogP contribution is 2.29. The van der Waals surface area contributed by atoms with E-state index in [1.807, 2.05) is 0 Å². The molecule has 4 rings (SSSR count). The van der Waals surface area contributed by atoms with Gasteiger partial charge < -0.3 is 9.42 Å². The molecule has 180 valence electrons. The van der Waals surface area contributed by atoms with Crippen molar-refractivity contribution in [3.63, 3.8) is 0 Å². The molecule has 1 saturated heterocycles. The van der Waals surface area contributed by atoms with Crippen LogP contribution in [0, 0.1) is 5.82 Å². The minimum atomic E-state index is -3.70. The van der Waals surface area contributed by atoms with E-state index < -0.39 is 10.0 Å². The zero-order valence-corrected chi connectivity index (χ0v) is 20.1. The molecule has 10 heteroatoms. The summed E-state index contributed by atoms with van der Waals surface area (Å²) in [7, 11) is -2.18. The first kappa shape index (κ1) is 24.0. The molecule has 0 spiro atoms. The number of nitrogens with zero attached hydrogens (tertiary/aromatic N) is 4. The van der Waals surface area contributed by atoms with Gasteiger partial charge in [-0.1, -0.05) is 23.4 Å². The molecule has 1 unspecified atom stereocenters. The maximum Gasteiger partial charge on any atom is 0.253 e. The second kappa shape index (κ2) is 9.63. The van der Waals surface area contributed by atoms with Crippen LogP contribution in [0.5, 0.6) is 0 Å². The second-order valence-electron chi connectivity index (χ2n) is 8.70. The summed E-state index contributed by atoms with van der Waals surface area (Å²) in [5.41, 5.74) is 0.827. The van der Waals surface area contributed by atoms with Gasteiger partial charge in [0.25, 0.3) is 5.91 Å². The molecule has 1 aromatic heterocycles. The number of halogens is 1. The summed E-state index contributed by atoms with van der Waals surface area (Å²) in [6.07, 6.45) is 1.50. The Morgan fingerprint density at radius 2 is 1.97 bits per heavy atom. The number of piperidine rings is 1. The van der Waals surface area contributed by atoms with Gasteiger partial charge in [-0.25, -0.2) is 12.8 Å². The Hall–Kier alpha value is -3.11. The number of aromatic nitrogens is 2. The number of rotatable bonds is 6. The highest BCUT2D eigenvalue weighted by Gasteiger charge is 2.30. The molecule has 1 atom stereocenters. The van der Waals surface area contributed by atoms with Gasteiger partial charge in [-0.2, -0.15) is 9.29 Å². The lowest BCUT2D eigenvalue weighted by molar-refractivity contribution is 0.0695. The summed E-state index contributed by atoms with van der Waals surface area (Å²) in [6.45, 7) is 4.49. The summed E-state index contributed by atoms with van der Waals surface area (Å²) in [4.78, 5) is 19.4. The standard InChI is InChI=1S/C24H27FN4O4S/c1-16(2)28(3)34(31,32)21-11-5-8-18(14-21)24(30)29-12-6-9-19(15-29)23-26-22(27-33-23)17-7-4-10-20(25)13-17/h4-5,7-8,10-11,13-14,16,19H,6,9,12,15H2,1-3H3. The summed E-state index contributed by atoms with van der Waals surface area (Å²) < 4.78 is 46.0. The topological polar surface area (TPSA) is 96.6 Å². The number of likely N-dealkylation sites (tertiary alicyclic amines) is 1. The maximum absolute atomic E-state index is 13.5. The molecule has 1 aliphatic rings. The average molecular weight is 487 g/mol. The first-order valence-corrected chi connectivity index (χ1v) is 12.6. The largest absolute Gasteiger partial charge is 0.339 e. The number of benzene rings is 2. The normalized spacial score (nSPS) is 16.9. The fourth-order valence-corrected chi connectivity index (χ4v) is 5.34. The maximum atomic E-state index is 13.5. The highest BCUT2D eigenvalue weighted by molar-refractivity contribution is 7.89. The first-order valence-electron chi connectivity index (χ1n) is 11.1. The average Bonchev–Trinajstić information content (AvgIpc) is 3.34. The summed E-state index contributed by atoms with van der Waals surface area (Å²) in [6, 6.07) is 11.9. The van der Waals surface area contributed by atoms with Crippen LogP contribution in [-0.4, -0.2) is 59.8 Å². The Balaban J connectivity index is 1.52. The Morgan fingerprint density at radius 1 is 1.21 bits per heavy atom. The monoisotopic (exact) mass is 486 g/mol. The van der Waals surface area contributed by atoms with Crippen LogP contribution >= 0.6 is 0 Å². The lowest BCUT2D eigenvalue weighted by Crippen LogP contribution is -2.39. The van der Waals surface area contributed by atoms with E-state index in [1.165, 1.54) is 35.6 Å². The van der Waals surface area contributed by atoms with Crippen molar-refractivity contribution in [2.75, 3.05) is 20.1 Å². The van der Waals surface area contributed by atoms with Crippen LogP contribution in [0.15, 0.2) is 57.9 Å². The lowest BCUT2D eigenvalue weighted by atomic mass is 9.97. The van der Waals surface area contributed by atoms with E-state index in [0.29, 0.717) is 35.9 Å². The van der Waals surface area contributed by atoms with Gasteiger partial charge in [-0.15, -0.1) is 0 Å². The first-order chi connectivity index (χ1) is 16.2. The van der Waals surface area contributed by atoms with Crippen LogP contribution in [0.3, 0.4) is 0 Å². The third-order valence-corrected chi connectivity index (χ3v) is 8.10. The molecule has 3 aromatic rings. The van der Waals surface area contributed by atoms with Gasteiger partial charge in [0, 0.05) is 37.3 Å². The zero-order chi connectivity index (χ0) is 24.5. The number of carbonyl (C=O) groups is 1. The van der Waals surface area contributed by atoms with Gasteiger partial charge in [-0.3, -0.25) is 4.79 Å². The third-order valence-electron chi connectivity index (χ3n) is 6.07. The number of carbonyl (C=O) groups excluding carboxylic acids is 1. The molecule has 2 heterocycles. The molecular formula is C24H27FN4O4S. The third kappa shape index (κ3) is 4.88. The molecule has 1 fully saturated rings. The summed E-state index contributed by atoms with van der Waals surface area (Å²) in [5, 5.41) is 3.97. The SMILES string of the molecule is CC(C)N(C)S(=O)(=O)c1cccc(C(=O)N2CCCC(c3nc(-c4cccc(F)c4)no3)C2)c1. The van der Waals surface area contributed by atoms with Gasteiger partial charge in [0.15, 0.2) is 0 Å². The van der Waals surface area contributed by atoms with E-state index in [-0.39, 0.29) is 28.6 Å². The Morgan fingerprint density at radius 3 is 2.71 bits per heavy atom. The minimum Gasteiger partial charge on any atom is -0.339 e. The van der Waals surface area contributed by atoms with Gasteiger partial charge in [0.05, 0.1) is 10.8 Å². The molecule has 0 N–H and O–H groups in total. The van der Waals surface area contributed by atoms with Crippen molar-refractivity contribution in [1.29, 1.82) is 0 Å². The van der Waals surface area contributed by atoms with Gasteiger partial charge in [0.2, 0.25) is 21.7 Å². The molecule has 0 bridgehead atoms. The number of amides is 1. The summed E-state index contributed by atoms with van der Waals surface area (Å²) in [5.74, 6) is -0.107. The lowest BCUT2D eigenvalue weighted by Gasteiger charge is -2.31. The molecule has 0 saturated carbocycles. The van der Waals surface area contributed by atoms with Crippen LogP contribution in [-0.2, 0) is 10.0 Å². The van der Waals surface area contributed by atoms with Crippen molar-refractivity contribution in [1.82, 2.24) is 19.3 Å². The predicted octanol–water partition coefficient (Wildman–Crippen LogP) is 3.92. The number of sulfonamides is 1. The van der Waals surface area contributed by atoms with Crippen molar-refractivity contribution < 1.29 is 22.1 Å². The molecule has 1 aliphatic heterocycles. The van der Waals surface area contributed by atoms with E-state index in [2.05, 4.69) is 10.1 Å². The number of hydrogen-bond donors (Lipinski definition) is 0. The molecule has 8 nitrogen and oxygen atoms in total. The molecule has 2 aromatic carbocycles. The summed E-state index contributed by atoms with van der Waals surface area (Å²) >= 11 is 0. The van der Waals surface area contributed by atoms with Gasteiger partial charge in [-0.05, 0) is 57.0 Å². The van der Waals surface area contributed by atoms with Crippen LogP contribution in [0.2, 0.25) is 0 Å². The zero-order valence-electron chi connectivity index (χ0n) is 19.3. The van der Waals surface area contributed by atoms with Crippen LogP contribution in [0.4, 0.5) is 4.39 Å². The molecule has 1 amide bonds. The van der Waals surface area contributed by atoms with E-state index in [0.717, 1.165) is 12.8 Å². The van der Waals surface area contributed by atoms with Crippen LogP contribution in [0.1, 0.15) is 48.9 Å². The number of hydrogen-bond acceptors (Lipinski definition) is 6. The van der Waals surface area contributed by atoms with Crippen LogP contribution < -0.4 is 0 Å². The van der Waals surface area contributed by atoms with E-state index >= 15 is 0 Å². The van der Waals surface area contributed by atoms with Crippen molar-refractivity contribution in [2.24, 2.45) is 0 Å². The quantitative estimate of drug-likeness (QED) is 0.524. The van der Waals surface area contributed by atoms with E-state index in [1.54, 1.807) is 43.0 Å². The van der Waals surface area contributed by atoms with Gasteiger partial charge >= 0.3 is 0 Å². The van der Waals surface area contributed by atoms with Crippen molar-refractivity contribution in [2.45, 2.75) is 43.5 Å². The fourth-order valence-electron chi connectivity index (χ4n) is 3.92. The van der Waals surface area contributed by atoms with E-state index in [9.17, 15) is 17.6 Å². The smallest absolute Gasteiger partial charge is 0.253 e. The Kier molecular flexibility index (Phi) is 6.81. The minimum absolute atomic E-state index is 0.0831. The molecule has 0 aliphatic carbocycles. The predicted molar refractivity (Wildman–Crippen MR) is 124 cm³/mol. The Labute approximate surface area is 198 Å². The van der Waals surface area contributed by atoms with Crippen molar-refractivity contribution in [3.8, 4) is 11.4 Å². The highest BCUT2D eigenvalue weighted by atomic mass is 32.2. The molecule has 34 heavy (non-hydrogen) atoms. The Bertz CT molecular complexity index is 1290.